The Balaban J connectivity index is 2.82. The molecule has 0 saturated heterocycles. The van der Waals surface area contributed by atoms with Crippen molar-refractivity contribution in [3.8, 4) is 0 Å². The number of guanidine groups is 1. The first-order valence-corrected chi connectivity index (χ1v) is 7.05. The maximum Gasteiger partial charge on any atom is 0.413 e. The standard InChI is InChI=1S/C12H18ClN7O3/c1-4-23-12(22)20-11(15)19-10(21)6-8(14)18-9(7(13)17-6)16-5(2)3/h5H,4H2,1-3H3,(H3,14,16,18)(H3,15,19,20,21,22). The van der Waals surface area contributed by atoms with E-state index in [1.807, 2.05) is 19.2 Å². The summed E-state index contributed by atoms with van der Waals surface area (Å²) in [5.74, 6) is -1.35. The molecule has 6 N–H and O–H groups in total. The summed E-state index contributed by atoms with van der Waals surface area (Å²) < 4.78 is 4.57. The number of carbonyl (C=O) groups is 2. The lowest BCUT2D eigenvalue weighted by Gasteiger charge is -2.13. The first kappa shape index (κ1) is 18.4. The molecule has 126 valence electrons. The molecule has 0 aliphatic heterocycles. The normalized spacial score (nSPS) is 10.1. The molecule has 1 aromatic rings. The minimum atomic E-state index is -0.869. The number of hydrogen-bond acceptors (Lipinski definition) is 8. The fourth-order valence-electron chi connectivity index (χ4n) is 1.43. The second-order valence-corrected chi connectivity index (χ2v) is 4.93. The Morgan fingerprint density at radius 1 is 1.35 bits per heavy atom. The minimum absolute atomic E-state index is 0.0390. The molecule has 0 spiro atoms. The summed E-state index contributed by atoms with van der Waals surface area (Å²) in [4.78, 5) is 30.9. The van der Waals surface area contributed by atoms with E-state index in [2.05, 4.69) is 25.3 Å². The smallest absolute Gasteiger partial charge is 0.413 e. The number of amides is 2. The van der Waals surface area contributed by atoms with Gasteiger partial charge >= 0.3 is 6.09 Å². The quantitative estimate of drug-likeness (QED) is 0.402. The lowest BCUT2D eigenvalue weighted by molar-refractivity contribution is 0.0971. The van der Waals surface area contributed by atoms with Crippen LogP contribution in [-0.2, 0) is 4.74 Å². The van der Waals surface area contributed by atoms with Crippen LogP contribution >= 0.6 is 11.6 Å². The predicted molar refractivity (Wildman–Crippen MR) is 85.6 cm³/mol. The van der Waals surface area contributed by atoms with Crippen LogP contribution in [0.5, 0.6) is 0 Å². The summed E-state index contributed by atoms with van der Waals surface area (Å²) in [7, 11) is 0. The number of nitrogens with two attached hydrogens (primary N) is 1. The van der Waals surface area contributed by atoms with E-state index in [-0.39, 0.29) is 35.1 Å². The van der Waals surface area contributed by atoms with Gasteiger partial charge in [0.25, 0.3) is 5.91 Å². The number of aromatic nitrogens is 2. The summed E-state index contributed by atoms with van der Waals surface area (Å²) >= 11 is 5.94. The molecule has 0 fully saturated rings. The van der Waals surface area contributed by atoms with Crippen LogP contribution in [0.2, 0.25) is 5.15 Å². The van der Waals surface area contributed by atoms with Crippen LogP contribution in [0.4, 0.5) is 16.4 Å². The third kappa shape index (κ3) is 5.58. The highest BCUT2D eigenvalue weighted by atomic mass is 35.5. The van der Waals surface area contributed by atoms with Crippen LogP contribution in [0.15, 0.2) is 0 Å². The molecule has 11 heteroatoms. The lowest BCUT2D eigenvalue weighted by atomic mass is 10.3. The first-order chi connectivity index (χ1) is 10.7. The van der Waals surface area contributed by atoms with Gasteiger partial charge in [-0.05, 0) is 20.8 Å². The van der Waals surface area contributed by atoms with Crippen LogP contribution in [0.1, 0.15) is 31.3 Å². The topological polar surface area (TPSA) is 155 Å². The number of carbonyl (C=O) groups excluding carboxylic acids is 2. The van der Waals surface area contributed by atoms with Gasteiger partial charge in [0.05, 0.1) is 6.61 Å². The van der Waals surface area contributed by atoms with E-state index < -0.39 is 18.0 Å². The molecule has 0 aliphatic rings. The first-order valence-electron chi connectivity index (χ1n) is 6.67. The average Bonchev–Trinajstić information content (AvgIpc) is 2.41. The Bertz CT molecular complexity index is 621. The van der Waals surface area contributed by atoms with Gasteiger partial charge in [-0.2, -0.15) is 0 Å². The molecule has 0 radical (unpaired) electrons. The maximum atomic E-state index is 12.0. The zero-order valence-electron chi connectivity index (χ0n) is 12.9. The van der Waals surface area contributed by atoms with E-state index in [1.165, 1.54) is 0 Å². The third-order valence-corrected chi connectivity index (χ3v) is 2.53. The molecule has 0 unspecified atom stereocenters. The van der Waals surface area contributed by atoms with E-state index in [0.29, 0.717) is 0 Å². The molecule has 0 bridgehead atoms. The van der Waals surface area contributed by atoms with E-state index in [9.17, 15) is 9.59 Å². The van der Waals surface area contributed by atoms with Crippen molar-refractivity contribution in [3.63, 3.8) is 0 Å². The molecule has 0 saturated carbocycles. The van der Waals surface area contributed by atoms with Crippen molar-refractivity contribution >= 4 is 41.2 Å². The molecule has 0 aliphatic carbocycles. The number of nitrogens with one attached hydrogen (secondary N) is 4. The number of anilines is 2. The van der Waals surface area contributed by atoms with Gasteiger partial charge in [0, 0.05) is 6.04 Å². The van der Waals surface area contributed by atoms with Gasteiger partial charge in [-0.3, -0.25) is 20.8 Å². The number of rotatable bonds is 4. The second-order valence-electron chi connectivity index (χ2n) is 4.57. The number of nitrogens with zero attached hydrogens (tertiary/aromatic N) is 2. The van der Waals surface area contributed by atoms with Crippen LogP contribution in [-0.4, -0.2) is 40.6 Å². The Hall–Kier alpha value is -2.62. The fourth-order valence-corrected chi connectivity index (χ4v) is 1.61. The van der Waals surface area contributed by atoms with E-state index in [0.717, 1.165) is 0 Å². The predicted octanol–water partition coefficient (Wildman–Crippen LogP) is 0.943. The number of halogens is 1. The lowest BCUT2D eigenvalue weighted by Crippen LogP contribution is -2.43. The monoisotopic (exact) mass is 343 g/mol. The van der Waals surface area contributed by atoms with Crippen molar-refractivity contribution in [3.05, 3.63) is 10.8 Å². The zero-order valence-corrected chi connectivity index (χ0v) is 13.6. The van der Waals surface area contributed by atoms with Crippen molar-refractivity contribution < 1.29 is 14.3 Å². The Morgan fingerprint density at radius 2 is 2.00 bits per heavy atom. The number of alkyl carbamates (subject to hydrolysis) is 1. The highest BCUT2D eigenvalue weighted by Gasteiger charge is 2.19. The molecule has 10 nitrogen and oxygen atoms in total. The van der Waals surface area contributed by atoms with Gasteiger partial charge in [0.2, 0.25) is 5.96 Å². The van der Waals surface area contributed by atoms with Crippen molar-refractivity contribution in [2.45, 2.75) is 26.8 Å². The molecule has 2 amide bonds. The Morgan fingerprint density at radius 3 is 2.57 bits per heavy atom. The number of hydrogen-bond donors (Lipinski definition) is 5. The van der Waals surface area contributed by atoms with Gasteiger partial charge < -0.3 is 15.8 Å². The molecular formula is C12H18ClN7O3. The number of nitrogen functional groups attached to an aromatic ring is 1. The SMILES string of the molecule is CCOC(=O)NC(=N)NC(=O)c1nc(Cl)c(NC(C)C)nc1N. The molecular weight excluding hydrogens is 326 g/mol. The summed E-state index contributed by atoms with van der Waals surface area (Å²) in [5.41, 5.74) is 5.41. The van der Waals surface area contributed by atoms with Crippen molar-refractivity contribution in [1.82, 2.24) is 20.6 Å². The number of ether oxygens (including phenoxy) is 1. The van der Waals surface area contributed by atoms with Gasteiger partial charge in [-0.1, -0.05) is 11.6 Å². The summed E-state index contributed by atoms with van der Waals surface area (Å²) in [6, 6.07) is 0.0443. The second kappa shape index (κ2) is 8.13. The van der Waals surface area contributed by atoms with Crippen LogP contribution < -0.4 is 21.7 Å². The highest BCUT2D eigenvalue weighted by Crippen LogP contribution is 2.21. The van der Waals surface area contributed by atoms with Crippen molar-refractivity contribution in [2.24, 2.45) is 0 Å². The third-order valence-electron chi connectivity index (χ3n) is 2.26. The van der Waals surface area contributed by atoms with E-state index in [1.54, 1.807) is 6.92 Å². The van der Waals surface area contributed by atoms with Gasteiger partial charge in [0.15, 0.2) is 22.5 Å². The molecule has 0 atom stereocenters. The summed E-state index contributed by atoms with van der Waals surface area (Å²) in [6.45, 7) is 5.48. The average molecular weight is 344 g/mol. The fraction of sp³-hybridized carbons (Fsp3) is 0.417. The zero-order chi connectivity index (χ0) is 17.6. The molecule has 1 heterocycles. The van der Waals surface area contributed by atoms with Crippen LogP contribution in [0.25, 0.3) is 0 Å². The maximum absolute atomic E-state index is 12.0. The van der Waals surface area contributed by atoms with Gasteiger partial charge in [-0.25, -0.2) is 14.8 Å². The molecule has 1 rings (SSSR count). The summed E-state index contributed by atoms with van der Waals surface area (Å²) in [6.07, 6.45) is -0.869. The van der Waals surface area contributed by atoms with Crippen molar-refractivity contribution in [2.75, 3.05) is 17.7 Å². The van der Waals surface area contributed by atoms with Crippen LogP contribution in [0, 0.1) is 5.41 Å². The largest absolute Gasteiger partial charge is 0.450 e. The highest BCUT2D eigenvalue weighted by molar-refractivity contribution is 6.32. The van der Waals surface area contributed by atoms with Crippen LogP contribution in [0.3, 0.4) is 0 Å². The Labute approximate surface area is 137 Å². The van der Waals surface area contributed by atoms with Gasteiger partial charge in [0.1, 0.15) is 0 Å². The molecule has 0 aromatic carbocycles. The summed E-state index contributed by atoms with van der Waals surface area (Å²) in [5, 5.41) is 14.4. The van der Waals surface area contributed by atoms with E-state index in [4.69, 9.17) is 22.7 Å². The Kier molecular flexibility index (Phi) is 6.51. The molecule has 1 aromatic heterocycles. The van der Waals surface area contributed by atoms with Gasteiger partial charge in [-0.15, -0.1) is 0 Å². The molecule has 23 heavy (non-hydrogen) atoms. The van der Waals surface area contributed by atoms with Crippen molar-refractivity contribution in [1.29, 1.82) is 5.41 Å². The minimum Gasteiger partial charge on any atom is -0.450 e. The van der Waals surface area contributed by atoms with E-state index >= 15 is 0 Å².